The summed E-state index contributed by atoms with van der Waals surface area (Å²) in [6.45, 7) is 0. The number of halogens is 4. The van der Waals surface area contributed by atoms with Gasteiger partial charge in [0.25, 0.3) is 10.0 Å². The highest BCUT2D eigenvalue weighted by molar-refractivity contribution is 9.10. The molecular formula is C20H10BrClF2N4O2S. The summed E-state index contributed by atoms with van der Waals surface area (Å²) in [5, 5.41) is 7.37. The molecule has 0 atom stereocenters. The molecule has 0 aliphatic heterocycles. The summed E-state index contributed by atoms with van der Waals surface area (Å²) in [5.41, 5.74) is -0.0787. The van der Waals surface area contributed by atoms with E-state index in [0.717, 1.165) is 12.1 Å². The first-order valence-electron chi connectivity index (χ1n) is 8.51. The predicted octanol–water partition coefficient (Wildman–Crippen LogP) is 4.85. The fourth-order valence-electron chi connectivity index (χ4n) is 2.63. The Morgan fingerprint density at radius 2 is 1.90 bits per heavy atom. The fraction of sp³-hybridized carbons (Fsp3) is 0. The van der Waals surface area contributed by atoms with Crippen molar-refractivity contribution in [2.24, 2.45) is 0 Å². The lowest BCUT2D eigenvalue weighted by Crippen LogP contribution is -2.14. The van der Waals surface area contributed by atoms with Crippen molar-refractivity contribution in [1.82, 2.24) is 15.2 Å². The van der Waals surface area contributed by atoms with E-state index in [4.69, 9.17) is 11.6 Å². The highest BCUT2D eigenvalue weighted by Gasteiger charge is 2.20. The van der Waals surface area contributed by atoms with Crippen molar-refractivity contribution < 1.29 is 17.2 Å². The van der Waals surface area contributed by atoms with E-state index in [9.17, 15) is 17.2 Å². The second kappa shape index (κ2) is 8.26. The van der Waals surface area contributed by atoms with Crippen molar-refractivity contribution >= 4 is 54.3 Å². The van der Waals surface area contributed by atoms with E-state index in [1.165, 1.54) is 24.4 Å². The Hall–Kier alpha value is -3.00. The quantitative estimate of drug-likeness (QED) is 0.376. The number of rotatable bonds is 3. The van der Waals surface area contributed by atoms with E-state index >= 15 is 0 Å². The van der Waals surface area contributed by atoms with E-state index in [1.807, 2.05) is 0 Å². The molecule has 0 aliphatic carbocycles. The van der Waals surface area contributed by atoms with Crippen LogP contribution in [0.15, 0.2) is 58.2 Å². The minimum absolute atomic E-state index is 0.164. The third-order valence-electron chi connectivity index (χ3n) is 4.16. The van der Waals surface area contributed by atoms with Crippen LogP contribution in [0, 0.1) is 23.5 Å². The molecule has 2 aromatic heterocycles. The van der Waals surface area contributed by atoms with Gasteiger partial charge in [0, 0.05) is 21.6 Å². The number of nitrogens with zero attached hydrogens (tertiary/aromatic N) is 2. The SMILES string of the molecule is O=S(=O)(Nc1ccc(F)c(C#Cc2cnc3[nH]ncc3c2)c1F)c1ccc(Br)c(Cl)c1. The second-order valence-electron chi connectivity index (χ2n) is 6.25. The maximum absolute atomic E-state index is 14.9. The average Bonchev–Trinajstić information content (AvgIpc) is 3.20. The van der Waals surface area contributed by atoms with Gasteiger partial charge in [-0.3, -0.25) is 9.82 Å². The molecule has 31 heavy (non-hydrogen) atoms. The maximum atomic E-state index is 14.9. The Bertz CT molecular complexity index is 1500. The summed E-state index contributed by atoms with van der Waals surface area (Å²) in [6, 6.07) is 7.50. The summed E-state index contributed by atoms with van der Waals surface area (Å²) in [6.07, 6.45) is 2.96. The number of fused-ring (bicyclic) bond motifs is 1. The summed E-state index contributed by atoms with van der Waals surface area (Å²) < 4.78 is 56.9. The molecule has 0 spiro atoms. The Morgan fingerprint density at radius 3 is 2.68 bits per heavy atom. The molecule has 6 nitrogen and oxygen atoms in total. The number of sulfonamides is 1. The zero-order chi connectivity index (χ0) is 22.2. The molecule has 2 aromatic carbocycles. The number of pyridine rings is 1. The molecule has 2 N–H and O–H groups in total. The molecule has 0 saturated carbocycles. The molecule has 4 aromatic rings. The van der Waals surface area contributed by atoms with Crippen LogP contribution in [-0.2, 0) is 10.0 Å². The molecular weight excluding hydrogens is 514 g/mol. The molecule has 0 bridgehead atoms. The Balaban J connectivity index is 1.68. The number of anilines is 1. The van der Waals surface area contributed by atoms with Crippen LogP contribution >= 0.6 is 27.5 Å². The first kappa shape index (κ1) is 21.2. The van der Waals surface area contributed by atoms with Gasteiger partial charge >= 0.3 is 0 Å². The van der Waals surface area contributed by atoms with Gasteiger partial charge in [-0.2, -0.15) is 5.10 Å². The first-order valence-corrected chi connectivity index (χ1v) is 11.2. The second-order valence-corrected chi connectivity index (χ2v) is 9.19. The molecule has 4 rings (SSSR count). The molecule has 11 heteroatoms. The van der Waals surface area contributed by atoms with Gasteiger partial charge in [-0.25, -0.2) is 22.2 Å². The lowest BCUT2D eigenvalue weighted by Gasteiger charge is -2.11. The van der Waals surface area contributed by atoms with Crippen molar-refractivity contribution in [1.29, 1.82) is 0 Å². The van der Waals surface area contributed by atoms with E-state index in [2.05, 4.69) is 47.7 Å². The Kier molecular flexibility index (Phi) is 5.66. The number of hydrogen-bond acceptors (Lipinski definition) is 4. The molecule has 0 unspecified atom stereocenters. The van der Waals surface area contributed by atoms with Gasteiger partial charge in [0.2, 0.25) is 0 Å². The first-order chi connectivity index (χ1) is 14.7. The number of aromatic amines is 1. The van der Waals surface area contributed by atoms with Crippen LogP contribution in [-0.4, -0.2) is 23.6 Å². The Labute approximate surface area is 188 Å². The van der Waals surface area contributed by atoms with Crippen LogP contribution in [0.25, 0.3) is 11.0 Å². The Morgan fingerprint density at radius 1 is 1.10 bits per heavy atom. The molecule has 0 aliphatic rings. The van der Waals surface area contributed by atoms with E-state index in [0.29, 0.717) is 21.1 Å². The lowest BCUT2D eigenvalue weighted by molar-refractivity contribution is 0.578. The topological polar surface area (TPSA) is 87.7 Å². The van der Waals surface area contributed by atoms with Crippen molar-refractivity contribution in [2.75, 3.05) is 4.72 Å². The van der Waals surface area contributed by atoms with Crippen LogP contribution in [0.4, 0.5) is 14.5 Å². The minimum atomic E-state index is -4.18. The number of aromatic nitrogens is 3. The van der Waals surface area contributed by atoms with Crippen molar-refractivity contribution in [3.05, 3.63) is 81.0 Å². The van der Waals surface area contributed by atoms with Gasteiger partial charge in [-0.15, -0.1) is 0 Å². The zero-order valence-electron chi connectivity index (χ0n) is 15.2. The van der Waals surface area contributed by atoms with Gasteiger partial charge in [-0.1, -0.05) is 23.4 Å². The molecule has 2 heterocycles. The van der Waals surface area contributed by atoms with Crippen LogP contribution in [0.5, 0.6) is 0 Å². The average molecular weight is 524 g/mol. The third-order valence-corrected chi connectivity index (χ3v) is 6.76. The zero-order valence-corrected chi connectivity index (χ0v) is 18.4. The molecule has 0 saturated heterocycles. The summed E-state index contributed by atoms with van der Waals surface area (Å²) in [7, 11) is -4.18. The van der Waals surface area contributed by atoms with E-state index in [1.54, 1.807) is 12.3 Å². The summed E-state index contributed by atoms with van der Waals surface area (Å²) >= 11 is 9.10. The van der Waals surface area contributed by atoms with Crippen molar-refractivity contribution in [3.63, 3.8) is 0 Å². The number of H-pyrrole nitrogens is 1. The van der Waals surface area contributed by atoms with Crippen molar-refractivity contribution in [3.8, 4) is 11.8 Å². The third kappa shape index (κ3) is 4.39. The van der Waals surface area contributed by atoms with E-state index < -0.39 is 32.9 Å². The van der Waals surface area contributed by atoms with Gasteiger partial charge in [0.1, 0.15) is 5.82 Å². The van der Waals surface area contributed by atoms with Crippen LogP contribution in [0.3, 0.4) is 0 Å². The number of nitrogens with one attached hydrogen (secondary N) is 2. The van der Waals surface area contributed by atoms with E-state index in [-0.39, 0.29) is 9.92 Å². The predicted molar refractivity (Wildman–Crippen MR) is 116 cm³/mol. The van der Waals surface area contributed by atoms with Crippen LogP contribution < -0.4 is 4.72 Å². The molecule has 0 amide bonds. The normalized spacial score (nSPS) is 11.2. The number of benzene rings is 2. The van der Waals surface area contributed by atoms with Gasteiger partial charge in [0.15, 0.2) is 11.5 Å². The standard InChI is InChI=1S/C20H10BrClF2N4O2S/c21-15-4-2-13(8-16(15)22)31(29,30)28-18-6-5-17(23)14(19(18)24)3-1-11-7-12-10-26-27-20(12)25-9-11/h2,4-10,28H,(H,25,26,27). The molecule has 156 valence electrons. The fourth-order valence-corrected chi connectivity index (χ4v) is 4.21. The highest BCUT2D eigenvalue weighted by atomic mass is 79.9. The summed E-state index contributed by atoms with van der Waals surface area (Å²) in [5.74, 6) is 2.95. The smallest absolute Gasteiger partial charge is 0.262 e. The van der Waals surface area contributed by atoms with Crippen molar-refractivity contribution in [2.45, 2.75) is 4.90 Å². The van der Waals surface area contributed by atoms with Gasteiger partial charge < -0.3 is 0 Å². The minimum Gasteiger partial charge on any atom is -0.277 e. The highest BCUT2D eigenvalue weighted by Crippen LogP contribution is 2.28. The largest absolute Gasteiger partial charge is 0.277 e. The van der Waals surface area contributed by atoms with Crippen LogP contribution in [0.2, 0.25) is 5.02 Å². The number of hydrogen-bond donors (Lipinski definition) is 2. The molecule has 0 radical (unpaired) electrons. The van der Waals surface area contributed by atoms with Gasteiger partial charge in [-0.05, 0) is 52.3 Å². The summed E-state index contributed by atoms with van der Waals surface area (Å²) in [4.78, 5) is 3.91. The lowest BCUT2D eigenvalue weighted by atomic mass is 10.1. The van der Waals surface area contributed by atoms with Gasteiger partial charge in [0.05, 0.1) is 27.4 Å². The monoisotopic (exact) mass is 522 g/mol. The van der Waals surface area contributed by atoms with Crippen LogP contribution in [0.1, 0.15) is 11.1 Å². The maximum Gasteiger partial charge on any atom is 0.262 e. The molecule has 0 fully saturated rings.